The van der Waals surface area contributed by atoms with Gasteiger partial charge in [-0.25, -0.2) is 0 Å². The van der Waals surface area contributed by atoms with Crippen LogP contribution in [0.15, 0.2) is 36.4 Å². The van der Waals surface area contributed by atoms with Gasteiger partial charge in [0.05, 0.1) is 21.3 Å². The van der Waals surface area contributed by atoms with Crippen LogP contribution in [0.4, 0.5) is 17.1 Å². The predicted molar refractivity (Wildman–Crippen MR) is 109 cm³/mol. The van der Waals surface area contributed by atoms with Crippen LogP contribution in [0.3, 0.4) is 0 Å². The van der Waals surface area contributed by atoms with Crippen LogP contribution < -0.4 is 29.7 Å². The largest absolute Gasteiger partial charge is 0.493 e. The number of nitrogens with one attached hydrogen (secondary N) is 2. The normalized spacial score (nSPS) is 10.1. The van der Waals surface area contributed by atoms with Gasteiger partial charge >= 0.3 is 0 Å². The summed E-state index contributed by atoms with van der Waals surface area (Å²) in [6.07, 6.45) is 0.325. The molecule has 0 saturated carbocycles. The van der Waals surface area contributed by atoms with E-state index in [-0.39, 0.29) is 5.91 Å². The first-order valence-electron chi connectivity index (χ1n) is 8.59. The molecule has 0 bridgehead atoms. The van der Waals surface area contributed by atoms with E-state index in [0.29, 0.717) is 35.9 Å². The molecule has 0 heterocycles. The van der Waals surface area contributed by atoms with Gasteiger partial charge in [-0.15, -0.1) is 0 Å². The number of methoxy groups -OCH3 is 3. The van der Waals surface area contributed by atoms with Crippen molar-refractivity contribution in [2.75, 3.05) is 57.5 Å². The molecule has 0 atom stereocenters. The highest BCUT2D eigenvalue weighted by Crippen LogP contribution is 2.39. The van der Waals surface area contributed by atoms with Crippen LogP contribution in [-0.2, 0) is 4.79 Å². The van der Waals surface area contributed by atoms with E-state index in [4.69, 9.17) is 14.2 Å². The van der Waals surface area contributed by atoms with Gasteiger partial charge in [0.1, 0.15) is 0 Å². The van der Waals surface area contributed by atoms with Crippen molar-refractivity contribution in [3.8, 4) is 17.2 Å². The molecule has 2 N–H and O–H groups in total. The smallest absolute Gasteiger partial charge is 0.226 e. The van der Waals surface area contributed by atoms with Crippen LogP contribution in [0.2, 0.25) is 0 Å². The summed E-state index contributed by atoms with van der Waals surface area (Å²) in [5, 5.41) is 6.09. The van der Waals surface area contributed by atoms with Crippen LogP contribution in [0, 0.1) is 0 Å². The second-order valence-electron chi connectivity index (χ2n) is 6.08. The zero-order chi connectivity index (χ0) is 19.8. The summed E-state index contributed by atoms with van der Waals surface area (Å²) < 4.78 is 15.9. The van der Waals surface area contributed by atoms with E-state index < -0.39 is 0 Å². The summed E-state index contributed by atoms with van der Waals surface area (Å²) in [7, 11) is 8.60. The number of benzene rings is 2. The molecule has 0 fully saturated rings. The summed E-state index contributed by atoms with van der Waals surface area (Å²) in [5.74, 6) is 1.36. The summed E-state index contributed by atoms with van der Waals surface area (Å²) in [6.45, 7) is 0.525. The van der Waals surface area contributed by atoms with Gasteiger partial charge in [0.25, 0.3) is 0 Å². The van der Waals surface area contributed by atoms with Crippen molar-refractivity contribution in [3.63, 3.8) is 0 Å². The zero-order valence-electron chi connectivity index (χ0n) is 16.5. The molecule has 0 aliphatic carbocycles. The molecule has 0 aromatic heterocycles. The summed E-state index contributed by atoms with van der Waals surface area (Å²) in [6, 6.07) is 11.4. The van der Waals surface area contributed by atoms with Crippen molar-refractivity contribution >= 4 is 23.0 Å². The zero-order valence-corrected chi connectivity index (χ0v) is 16.5. The molecule has 146 valence electrons. The molecule has 0 saturated heterocycles. The molecule has 1 amide bonds. The second kappa shape index (κ2) is 9.56. The highest BCUT2D eigenvalue weighted by atomic mass is 16.5. The Balaban J connectivity index is 1.92. The molecule has 0 spiro atoms. The molecular formula is C20H27N3O4. The number of hydrogen-bond acceptors (Lipinski definition) is 6. The van der Waals surface area contributed by atoms with Gasteiger partial charge in [-0.2, -0.15) is 0 Å². The number of rotatable bonds is 9. The van der Waals surface area contributed by atoms with Crippen molar-refractivity contribution in [1.82, 2.24) is 0 Å². The molecule has 2 aromatic rings. The number of carbonyl (C=O) groups is 1. The third-order valence-corrected chi connectivity index (χ3v) is 4.01. The van der Waals surface area contributed by atoms with Crippen molar-refractivity contribution in [2.45, 2.75) is 6.42 Å². The minimum atomic E-state index is -0.110. The molecular weight excluding hydrogens is 346 g/mol. The lowest BCUT2D eigenvalue weighted by atomic mass is 10.2. The first kappa shape index (κ1) is 20.2. The fourth-order valence-corrected chi connectivity index (χ4v) is 2.57. The molecule has 0 aliphatic heterocycles. The quantitative estimate of drug-likeness (QED) is 0.703. The molecule has 2 aromatic carbocycles. The lowest BCUT2D eigenvalue weighted by Crippen LogP contribution is -2.16. The van der Waals surface area contributed by atoms with Crippen LogP contribution in [0.5, 0.6) is 17.2 Å². The monoisotopic (exact) mass is 373 g/mol. The van der Waals surface area contributed by atoms with Gasteiger partial charge in [-0.05, 0) is 24.3 Å². The lowest BCUT2D eigenvalue weighted by molar-refractivity contribution is -0.115. The first-order chi connectivity index (χ1) is 13.0. The lowest BCUT2D eigenvalue weighted by Gasteiger charge is -2.15. The Kier molecular flexibility index (Phi) is 7.16. The third-order valence-electron chi connectivity index (χ3n) is 4.01. The van der Waals surface area contributed by atoms with Crippen molar-refractivity contribution in [2.24, 2.45) is 0 Å². The summed E-state index contributed by atoms with van der Waals surface area (Å²) in [5.41, 5.74) is 2.69. The standard InChI is InChI=1S/C20H27N3O4/c1-23(2)16-8-6-14(7-9-16)21-11-10-19(24)22-15-12-17(25-3)20(27-5)18(13-15)26-4/h6-9,12-13,21H,10-11H2,1-5H3,(H,22,24). The highest BCUT2D eigenvalue weighted by Gasteiger charge is 2.14. The number of anilines is 3. The average molecular weight is 373 g/mol. The number of amides is 1. The van der Waals surface area contributed by atoms with Crippen LogP contribution in [0.1, 0.15) is 6.42 Å². The number of nitrogens with zero attached hydrogens (tertiary/aromatic N) is 1. The summed E-state index contributed by atoms with van der Waals surface area (Å²) >= 11 is 0. The Hall–Kier alpha value is -3.09. The maximum Gasteiger partial charge on any atom is 0.226 e. The maximum atomic E-state index is 12.2. The molecule has 2 rings (SSSR count). The second-order valence-corrected chi connectivity index (χ2v) is 6.08. The fraction of sp³-hybridized carbons (Fsp3) is 0.350. The van der Waals surface area contributed by atoms with Crippen molar-refractivity contribution in [3.05, 3.63) is 36.4 Å². The first-order valence-corrected chi connectivity index (χ1v) is 8.59. The van der Waals surface area contributed by atoms with Crippen LogP contribution in [0.25, 0.3) is 0 Å². The van der Waals surface area contributed by atoms with Crippen molar-refractivity contribution in [1.29, 1.82) is 0 Å². The highest BCUT2D eigenvalue weighted by molar-refractivity contribution is 5.91. The molecule has 0 unspecified atom stereocenters. The Morgan fingerprint density at radius 3 is 2.00 bits per heavy atom. The maximum absolute atomic E-state index is 12.2. The van der Waals surface area contributed by atoms with E-state index in [0.717, 1.165) is 11.4 Å². The number of hydrogen-bond donors (Lipinski definition) is 2. The molecule has 27 heavy (non-hydrogen) atoms. The van der Waals surface area contributed by atoms with E-state index in [1.165, 1.54) is 21.3 Å². The van der Waals surface area contributed by atoms with E-state index in [1.54, 1.807) is 12.1 Å². The van der Waals surface area contributed by atoms with Gasteiger partial charge < -0.3 is 29.7 Å². The molecule has 0 aliphatic rings. The third kappa shape index (κ3) is 5.44. The Morgan fingerprint density at radius 1 is 0.926 bits per heavy atom. The van der Waals surface area contributed by atoms with E-state index >= 15 is 0 Å². The molecule has 7 heteroatoms. The summed E-state index contributed by atoms with van der Waals surface area (Å²) in [4.78, 5) is 14.3. The van der Waals surface area contributed by atoms with E-state index in [2.05, 4.69) is 10.6 Å². The Bertz CT molecular complexity index is 735. The van der Waals surface area contributed by atoms with Crippen molar-refractivity contribution < 1.29 is 19.0 Å². The van der Waals surface area contributed by atoms with Gasteiger partial charge in [-0.3, -0.25) is 4.79 Å². The van der Waals surface area contributed by atoms with Gasteiger partial charge in [0.15, 0.2) is 11.5 Å². The van der Waals surface area contributed by atoms with Crippen LogP contribution >= 0.6 is 0 Å². The minimum Gasteiger partial charge on any atom is -0.493 e. The van der Waals surface area contributed by atoms with E-state index in [1.807, 2.05) is 43.3 Å². The van der Waals surface area contributed by atoms with Gasteiger partial charge in [0.2, 0.25) is 11.7 Å². The predicted octanol–water partition coefficient (Wildman–Crippen LogP) is 3.22. The topological polar surface area (TPSA) is 72.1 Å². The van der Waals surface area contributed by atoms with Gasteiger partial charge in [-0.1, -0.05) is 0 Å². The minimum absolute atomic E-state index is 0.110. The molecule has 7 nitrogen and oxygen atoms in total. The Morgan fingerprint density at radius 2 is 1.52 bits per heavy atom. The van der Waals surface area contributed by atoms with E-state index in [9.17, 15) is 4.79 Å². The fourth-order valence-electron chi connectivity index (χ4n) is 2.57. The van der Waals surface area contributed by atoms with Crippen LogP contribution in [-0.4, -0.2) is 47.9 Å². The number of carbonyl (C=O) groups excluding carboxylic acids is 1. The Labute approximate surface area is 160 Å². The molecule has 0 radical (unpaired) electrons. The average Bonchev–Trinajstić information content (AvgIpc) is 2.67. The number of ether oxygens (including phenoxy) is 3. The SMILES string of the molecule is COc1cc(NC(=O)CCNc2ccc(N(C)C)cc2)cc(OC)c1OC. The van der Waals surface area contributed by atoms with Gasteiger partial charge in [0, 0.05) is 56.3 Å².